The molecule has 1 aromatic rings. The average Bonchev–Trinajstić information content (AvgIpc) is 2.39. The van der Waals surface area contributed by atoms with E-state index in [-0.39, 0.29) is 11.9 Å². The number of carbonyl (C=O) groups is 1. The summed E-state index contributed by atoms with van der Waals surface area (Å²) in [7, 11) is 0. The molecule has 1 fully saturated rings. The topological polar surface area (TPSA) is 50.4 Å². The molecule has 0 saturated carbocycles. The number of nitrogens with one attached hydrogen (secondary N) is 2. The van der Waals surface area contributed by atoms with E-state index in [1.54, 1.807) is 0 Å². The van der Waals surface area contributed by atoms with Crippen molar-refractivity contribution in [1.29, 1.82) is 0 Å². The lowest BCUT2D eigenvalue weighted by Crippen LogP contribution is -2.44. The van der Waals surface area contributed by atoms with Crippen LogP contribution in [-0.2, 0) is 16.1 Å². The Morgan fingerprint density at radius 3 is 2.89 bits per heavy atom. The summed E-state index contributed by atoms with van der Waals surface area (Å²) in [6.07, 6.45) is 0.469. The predicted octanol–water partition coefficient (Wildman–Crippen LogP) is 1.44. The van der Waals surface area contributed by atoms with Gasteiger partial charge in [-0.2, -0.15) is 0 Å². The van der Waals surface area contributed by atoms with Crippen LogP contribution >= 0.6 is 15.9 Å². The second-order valence-corrected chi connectivity index (χ2v) is 5.25. The third-order valence-electron chi connectivity index (χ3n) is 2.83. The van der Waals surface area contributed by atoms with Crippen molar-refractivity contribution in [1.82, 2.24) is 10.6 Å². The van der Waals surface area contributed by atoms with Crippen molar-refractivity contribution in [3.05, 3.63) is 34.3 Å². The fourth-order valence-corrected chi connectivity index (χ4v) is 2.11. The van der Waals surface area contributed by atoms with Crippen LogP contribution in [0.3, 0.4) is 0 Å². The smallest absolute Gasteiger partial charge is 0.221 e. The highest BCUT2D eigenvalue weighted by molar-refractivity contribution is 9.10. The molecular weight excluding hydrogens is 296 g/mol. The Labute approximate surface area is 115 Å². The molecule has 1 aliphatic heterocycles. The zero-order chi connectivity index (χ0) is 12.8. The van der Waals surface area contributed by atoms with Crippen molar-refractivity contribution in [2.45, 2.75) is 19.0 Å². The van der Waals surface area contributed by atoms with Gasteiger partial charge in [-0.15, -0.1) is 0 Å². The summed E-state index contributed by atoms with van der Waals surface area (Å²) in [5.41, 5.74) is 1.10. The largest absolute Gasteiger partial charge is 0.378 e. The van der Waals surface area contributed by atoms with Crippen LogP contribution in [0.15, 0.2) is 28.7 Å². The number of carbonyl (C=O) groups excluding carboxylic acids is 1. The number of hydrogen-bond acceptors (Lipinski definition) is 3. The monoisotopic (exact) mass is 312 g/mol. The van der Waals surface area contributed by atoms with Gasteiger partial charge in [0, 0.05) is 30.0 Å². The first kappa shape index (κ1) is 13.5. The Bertz CT molecular complexity index is 388. The molecule has 1 aromatic carbocycles. The minimum atomic E-state index is 0.0564. The quantitative estimate of drug-likeness (QED) is 0.884. The molecule has 1 heterocycles. The minimum Gasteiger partial charge on any atom is -0.378 e. The molecule has 0 spiro atoms. The number of ether oxygens (including phenoxy) is 1. The van der Waals surface area contributed by atoms with Crippen LogP contribution < -0.4 is 10.6 Å². The maximum absolute atomic E-state index is 11.7. The van der Waals surface area contributed by atoms with Gasteiger partial charge in [0.1, 0.15) is 0 Å². The Morgan fingerprint density at radius 2 is 2.22 bits per heavy atom. The number of hydrogen-bond donors (Lipinski definition) is 2. The lowest BCUT2D eigenvalue weighted by atomic mass is 10.2. The molecule has 1 amide bonds. The van der Waals surface area contributed by atoms with Crippen molar-refractivity contribution < 1.29 is 9.53 Å². The molecule has 2 rings (SSSR count). The number of halogens is 1. The van der Waals surface area contributed by atoms with Crippen LogP contribution in [0.2, 0.25) is 0 Å². The van der Waals surface area contributed by atoms with Crippen LogP contribution in [-0.4, -0.2) is 31.7 Å². The van der Waals surface area contributed by atoms with E-state index in [2.05, 4.69) is 26.6 Å². The summed E-state index contributed by atoms with van der Waals surface area (Å²) in [4.78, 5) is 11.7. The molecule has 2 N–H and O–H groups in total. The summed E-state index contributed by atoms with van der Waals surface area (Å²) >= 11 is 3.38. The van der Waals surface area contributed by atoms with Crippen molar-refractivity contribution in [2.75, 3.05) is 19.8 Å². The van der Waals surface area contributed by atoms with Crippen LogP contribution in [0.4, 0.5) is 0 Å². The van der Waals surface area contributed by atoms with E-state index in [1.165, 1.54) is 0 Å². The highest BCUT2D eigenvalue weighted by atomic mass is 79.9. The fourth-order valence-electron chi connectivity index (χ4n) is 1.85. The number of morpholine rings is 1. The van der Waals surface area contributed by atoms with Gasteiger partial charge in [0.05, 0.1) is 13.2 Å². The van der Waals surface area contributed by atoms with Crippen molar-refractivity contribution in [2.24, 2.45) is 0 Å². The molecule has 1 saturated heterocycles. The zero-order valence-corrected chi connectivity index (χ0v) is 11.7. The molecular formula is C13H17BrN2O2. The molecule has 18 heavy (non-hydrogen) atoms. The molecule has 5 heteroatoms. The third-order valence-corrected chi connectivity index (χ3v) is 3.36. The lowest BCUT2D eigenvalue weighted by Gasteiger charge is -2.23. The van der Waals surface area contributed by atoms with E-state index < -0.39 is 0 Å². The Hall–Kier alpha value is -0.910. The summed E-state index contributed by atoms with van der Waals surface area (Å²) in [5, 5.41) is 6.18. The van der Waals surface area contributed by atoms with Crippen LogP contribution in [0.5, 0.6) is 0 Å². The average molecular weight is 313 g/mol. The molecule has 0 radical (unpaired) electrons. The van der Waals surface area contributed by atoms with E-state index in [4.69, 9.17) is 4.74 Å². The first-order chi connectivity index (χ1) is 8.74. The normalized spacial score (nSPS) is 19.5. The molecule has 0 aliphatic carbocycles. The molecule has 1 aliphatic rings. The second-order valence-electron chi connectivity index (χ2n) is 4.33. The van der Waals surface area contributed by atoms with Crippen LogP contribution in [0.1, 0.15) is 12.0 Å². The van der Waals surface area contributed by atoms with Gasteiger partial charge in [-0.25, -0.2) is 0 Å². The van der Waals surface area contributed by atoms with Gasteiger partial charge < -0.3 is 15.4 Å². The zero-order valence-electron chi connectivity index (χ0n) is 10.1. The Morgan fingerprint density at radius 1 is 1.44 bits per heavy atom. The van der Waals surface area contributed by atoms with Gasteiger partial charge in [-0.1, -0.05) is 28.1 Å². The molecule has 4 nitrogen and oxygen atoms in total. The standard InChI is InChI=1S/C13H17BrN2O2/c14-11-3-1-10(2-4-11)8-16-13(17)7-12-9-18-6-5-15-12/h1-4,12,15H,5-9H2,(H,16,17). The highest BCUT2D eigenvalue weighted by Gasteiger charge is 2.16. The Kier molecular flexibility index (Phi) is 5.16. The molecule has 98 valence electrons. The maximum Gasteiger partial charge on any atom is 0.221 e. The molecule has 0 aromatic heterocycles. The maximum atomic E-state index is 11.7. The molecule has 1 atom stereocenters. The molecule has 0 bridgehead atoms. The van der Waals surface area contributed by atoms with E-state index in [1.807, 2.05) is 24.3 Å². The van der Waals surface area contributed by atoms with Gasteiger partial charge in [0.2, 0.25) is 5.91 Å². The van der Waals surface area contributed by atoms with E-state index in [0.717, 1.165) is 23.2 Å². The summed E-state index contributed by atoms with van der Waals surface area (Å²) in [6.45, 7) is 2.74. The third kappa shape index (κ3) is 4.40. The van der Waals surface area contributed by atoms with Gasteiger partial charge >= 0.3 is 0 Å². The molecule has 1 unspecified atom stereocenters. The highest BCUT2D eigenvalue weighted by Crippen LogP contribution is 2.10. The minimum absolute atomic E-state index is 0.0564. The fraction of sp³-hybridized carbons (Fsp3) is 0.462. The predicted molar refractivity (Wildman–Crippen MR) is 73.2 cm³/mol. The van der Waals surface area contributed by atoms with Crippen LogP contribution in [0, 0.1) is 0 Å². The van der Waals surface area contributed by atoms with Gasteiger partial charge in [-0.05, 0) is 17.7 Å². The van der Waals surface area contributed by atoms with Gasteiger partial charge in [0.15, 0.2) is 0 Å². The first-order valence-corrected chi connectivity index (χ1v) is 6.85. The summed E-state index contributed by atoms with van der Waals surface area (Å²) < 4.78 is 6.35. The van der Waals surface area contributed by atoms with Gasteiger partial charge in [-0.3, -0.25) is 4.79 Å². The number of benzene rings is 1. The van der Waals surface area contributed by atoms with Crippen molar-refractivity contribution >= 4 is 21.8 Å². The first-order valence-electron chi connectivity index (χ1n) is 6.06. The summed E-state index contributed by atoms with van der Waals surface area (Å²) in [5.74, 6) is 0.0564. The lowest BCUT2D eigenvalue weighted by molar-refractivity contribution is -0.122. The second kappa shape index (κ2) is 6.87. The van der Waals surface area contributed by atoms with Crippen molar-refractivity contribution in [3.8, 4) is 0 Å². The SMILES string of the molecule is O=C(CC1COCCN1)NCc1ccc(Br)cc1. The Balaban J connectivity index is 1.72. The van der Waals surface area contributed by atoms with E-state index >= 15 is 0 Å². The van der Waals surface area contributed by atoms with Gasteiger partial charge in [0.25, 0.3) is 0 Å². The van der Waals surface area contributed by atoms with E-state index in [0.29, 0.717) is 19.6 Å². The van der Waals surface area contributed by atoms with E-state index in [9.17, 15) is 4.79 Å². The summed E-state index contributed by atoms with van der Waals surface area (Å²) in [6, 6.07) is 8.07. The van der Waals surface area contributed by atoms with Crippen molar-refractivity contribution in [3.63, 3.8) is 0 Å². The number of amides is 1. The number of rotatable bonds is 4. The van der Waals surface area contributed by atoms with Crippen LogP contribution in [0.25, 0.3) is 0 Å².